The minimum atomic E-state index is -0.306. The Bertz CT molecular complexity index is 997. The van der Waals surface area contributed by atoms with Gasteiger partial charge in [0, 0.05) is 12.1 Å². The Labute approximate surface area is 168 Å². The SMILES string of the molecule is CC(C)Oc1ccc(CN[C@H]2CNC(=O)c3cc(-c4ccc(F)cc4)nn32)cc1. The van der Waals surface area contributed by atoms with Crippen LogP contribution in [0.3, 0.4) is 0 Å². The Hall–Kier alpha value is -3.19. The summed E-state index contributed by atoms with van der Waals surface area (Å²) in [5.74, 6) is 0.367. The number of nitrogens with zero attached hydrogens (tertiary/aromatic N) is 2. The molecule has 29 heavy (non-hydrogen) atoms. The highest BCUT2D eigenvalue weighted by Crippen LogP contribution is 2.23. The van der Waals surface area contributed by atoms with Gasteiger partial charge in [0.2, 0.25) is 0 Å². The van der Waals surface area contributed by atoms with Crippen LogP contribution in [0.4, 0.5) is 4.39 Å². The molecule has 6 nitrogen and oxygen atoms in total. The molecular formula is C22H23FN4O2. The van der Waals surface area contributed by atoms with Crippen molar-refractivity contribution in [1.29, 1.82) is 0 Å². The number of hydrogen-bond donors (Lipinski definition) is 2. The average Bonchev–Trinajstić information content (AvgIpc) is 3.15. The first-order chi connectivity index (χ1) is 14.0. The fourth-order valence-electron chi connectivity index (χ4n) is 3.28. The van der Waals surface area contributed by atoms with E-state index in [-0.39, 0.29) is 24.0 Å². The van der Waals surface area contributed by atoms with E-state index in [1.807, 2.05) is 38.1 Å². The van der Waals surface area contributed by atoms with Crippen LogP contribution in [0.25, 0.3) is 11.3 Å². The zero-order valence-corrected chi connectivity index (χ0v) is 16.4. The molecule has 0 fully saturated rings. The second-order valence-corrected chi connectivity index (χ2v) is 7.28. The lowest BCUT2D eigenvalue weighted by Gasteiger charge is -2.25. The normalized spacial score (nSPS) is 15.9. The number of fused-ring (bicyclic) bond motifs is 1. The summed E-state index contributed by atoms with van der Waals surface area (Å²) in [6, 6.07) is 15.7. The summed E-state index contributed by atoms with van der Waals surface area (Å²) in [6.07, 6.45) is -0.0400. The number of nitrogens with one attached hydrogen (secondary N) is 2. The molecule has 3 aromatic rings. The van der Waals surface area contributed by atoms with Gasteiger partial charge in [0.05, 0.1) is 18.3 Å². The number of amides is 1. The molecule has 0 bridgehead atoms. The Balaban J connectivity index is 1.49. The molecule has 1 atom stereocenters. The van der Waals surface area contributed by atoms with E-state index >= 15 is 0 Å². The van der Waals surface area contributed by atoms with Gasteiger partial charge in [0.1, 0.15) is 23.4 Å². The second-order valence-electron chi connectivity index (χ2n) is 7.28. The van der Waals surface area contributed by atoms with Crippen molar-refractivity contribution in [1.82, 2.24) is 20.4 Å². The van der Waals surface area contributed by atoms with Gasteiger partial charge in [-0.05, 0) is 61.9 Å². The highest BCUT2D eigenvalue weighted by molar-refractivity contribution is 5.94. The minimum Gasteiger partial charge on any atom is -0.491 e. The molecule has 0 spiro atoms. The molecule has 1 aliphatic rings. The first-order valence-corrected chi connectivity index (χ1v) is 9.62. The average molecular weight is 394 g/mol. The molecule has 0 saturated carbocycles. The Kier molecular flexibility index (Phi) is 5.31. The molecule has 0 saturated heterocycles. The Morgan fingerprint density at radius 1 is 1.21 bits per heavy atom. The molecule has 2 N–H and O–H groups in total. The van der Waals surface area contributed by atoms with Gasteiger partial charge >= 0.3 is 0 Å². The summed E-state index contributed by atoms with van der Waals surface area (Å²) in [5, 5.41) is 10.9. The van der Waals surface area contributed by atoms with Crippen molar-refractivity contribution in [2.24, 2.45) is 0 Å². The van der Waals surface area contributed by atoms with E-state index < -0.39 is 0 Å². The maximum Gasteiger partial charge on any atom is 0.269 e. The number of carbonyl (C=O) groups excluding carboxylic acids is 1. The molecule has 0 radical (unpaired) electrons. The van der Waals surface area contributed by atoms with E-state index in [1.54, 1.807) is 22.9 Å². The van der Waals surface area contributed by atoms with Crippen molar-refractivity contribution in [3.05, 3.63) is 71.7 Å². The van der Waals surface area contributed by atoms with Crippen LogP contribution in [0, 0.1) is 5.82 Å². The molecule has 0 unspecified atom stereocenters. The Morgan fingerprint density at radius 3 is 2.62 bits per heavy atom. The molecule has 1 aliphatic heterocycles. The van der Waals surface area contributed by atoms with Crippen LogP contribution in [0.2, 0.25) is 0 Å². The van der Waals surface area contributed by atoms with Gasteiger partial charge in [-0.25, -0.2) is 9.07 Å². The summed E-state index contributed by atoms with van der Waals surface area (Å²) >= 11 is 0. The third-order valence-corrected chi connectivity index (χ3v) is 4.70. The molecule has 150 valence electrons. The van der Waals surface area contributed by atoms with Crippen molar-refractivity contribution >= 4 is 5.91 Å². The third kappa shape index (κ3) is 4.30. The number of ether oxygens (including phenoxy) is 1. The van der Waals surface area contributed by atoms with Crippen molar-refractivity contribution in [3.8, 4) is 17.0 Å². The van der Waals surface area contributed by atoms with E-state index in [4.69, 9.17) is 4.74 Å². The van der Waals surface area contributed by atoms with Crippen LogP contribution < -0.4 is 15.4 Å². The summed E-state index contributed by atoms with van der Waals surface area (Å²) in [6.45, 7) is 5.04. The summed E-state index contributed by atoms with van der Waals surface area (Å²) < 4.78 is 20.6. The van der Waals surface area contributed by atoms with Gasteiger partial charge in [-0.2, -0.15) is 5.10 Å². The van der Waals surface area contributed by atoms with Gasteiger partial charge in [-0.1, -0.05) is 12.1 Å². The minimum absolute atomic E-state index is 0.137. The quantitative estimate of drug-likeness (QED) is 0.671. The highest BCUT2D eigenvalue weighted by Gasteiger charge is 2.27. The lowest BCUT2D eigenvalue weighted by atomic mass is 10.1. The van der Waals surface area contributed by atoms with E-state index in [9.17, 15) is 9.18 Å². The maximum atomic E-state index is 13.2. The smallest absolute Gasteiger partial charge is 0.269 e. The standard InChI is InChI=1S/C22H23FN4O2/c1-14(2)29-18-9-3-15(4-10-18)12-24-21-13-25-22(28)20-11-19(26-27(20)21)16-5-7-17(23)8-6-16/h3-11,14,21,24H,12-13H2,1-2H3,(H,25,28)/t21-/m1/s1. The number of aromatic nitrogens is 2. The second kappa shape index (κ2) is 8.05. The van der Waals surface area contributed by atoms with E-state index in [1.165, 1.54) is 12.1 Å². The summed E-state index contributed by atoms with van der Waals surface area (Å²) in [5.41, 5.74) is 2.99. The molecule has 0 aliphatic carbocycles. The third-order valence-electron chi connectivity index (χ3n) is 4.70. The molecule has 1 amide bonds. The van der Waals surface area contributed by atoms with Crippen LogP contribution in [-0.2, 0) is 6.54 Å². The van der Waals surface area contributed by atoms with Crippen molar-refractivity contribution < 1.29 is 13.9 Å². The Morgan fingerprint density at radius 2 is 1.93 bits per heavy atom. The van der Waals surface area contributed by atoms with Crippen LogP contribution in [0.5, 0.6) is 5.75 Å². The van der Waals surface area contributed by atoms with Crippen LogP contribution in [0.1, 0.15) is 36.1 Å². The number of benzene rings is 2. The van der Waals surface area contributed by atoms with E-state index in [2.05, 4.69) is 15.7 Å². The number of halogens is 1. The topological polar surface area (TPSA) is 68.2 Å². The predicted octanol–water partition coefficient (Wildman–Crippen LogP) is 3.51. The molecule has 2 heterocycles. The van der Waals surface area contributed by atoms with Gasteiger partial charge in [-0.15, -0.1) is 0 Å². The largest absolute Gasteiger partial charge is 0.491 e. The lowest BCUT2D eigenvalue weighted by molar-refractivity contribution is 0.0900. The van der Waals surface area contributed by atoms with Gasteiger partial charge in [-0.3, -0.25) is 10.1 Å². The first kappa shape index (κ1) is 19.1. The molecule has 7 heteroatoms. The molecule has 2 aromatic carbocycles. The summed E-state index contributed by atoms with van der Waals surface area (Å²) in [4.78, 5) is 12.3. The maximum absolute atomic E-state index is 13.2. The molecular weight excluding hydrogens is 371 g/mol. The fourth-order valence-corrected chi connectivity index (χ4v) is 3.28. The number of rotatable bonds is 6. The lowest BCUT2D eigenvalue weighted by Crippen LogP contribution is -2.45. The predicted molar refractivity (Wildman–Crippen MR) is 108 cm³/mol. The van der Waals surface area contributed by atoms with Gasteiger partial charge in [0.25, 0.3) is 5.91 Å². The van der Waals surface area contributed by atoms with Crippen LogP contribution in [0.15, 0.2) is 54.6 Å². The van der Waals surface area contributed by atoms with Crippen molar-refractivity contribution in [2.45, 2.75) is 32.7 Å². The first-order valence-electron chi connectivity index (χ1n) is 9.62. The summed E-state index contributed by atoms with van der Waals surface area (Å²) in [7, 11) is 0. The molecule has 1 aromatic heterocycles. The zero-order valence-electron chi connectivity index (χ0n) is 16.4. The zero-order chi connectivity index (χ0) is 20.4. The van der Waals surface area contributed by atoms with Gasteiger partial charge in [0.15, 0.2) is 0 Å². The van der Waals surface area contributed by atoms with E-state index in [0.717, 1.165) is 16.9 Å². The van der Waals surface area contributed by atoms with Crippen molar-refractivity contribution in [3.63, 3.8) is 0 Å². The monoisotopic (exact) mass is 394 g/mol. The highest BCUT2D eigenvalue weighted by atomic mass is 19.1. The van der Waals surface area contributed by atoms with E-state index in [0.29, 0.717) is 24.5 Å². The number of carbonyl (C=O) groups is 1. The van der Waals surface area contributed by atoms with Crippen LogP contribution >= 0.6 is 0 Å². The fraction of sp³-hybridized carbons (Fsp3) is 0.273. The molecule has 4 rings (SSSR count). The van der Waals surface area contributed by atoms with Crippen molar-refractivity contribution in [2.75, 3.05) is 6.54 Å². The van der Waals surface area contributed by atoms with Crippen LogP contribution in [-0.4, -0.2) is 28.3 Å². The van der Waals surface area contributed by atoms with Gasteiger partial charge < -0.3 is 10.1 Å². The number of hydrogen-bond acceptors (Lipinski definition) is 4.